The molecule has 4 saturated carbocycles. The summed E-state index contributed by atoms with van der Waals surface area (Å²) < 4.78 is 6.13. The summed E-state index contributed by atoms with van der Waals surface area (Å²) in [4.78, 5) is 15.6. The Bertz CT molecular complexity index is 689. The molecule has 116 valence electrons. The average molecular weight is 299 g/mol. The smallest absolute Gasteiger partial charge is 0.247 e. The van der Waals surface area contributed by atoms with E-state index in [1.807, 2.05) is 0 Å². The molecule has 4 bridgehead atoms. The molecule has 4 aliphatic rings. The number of nitrogens with one attached hydrogen (secondary N) is 1. The van der Waals surface area contributed by atoms with Gasteiger partial charge in [0.25, 0.3) is 0 Å². The number of ether oxygens (including phenoxy) is 1. The van der Waals surface area contributed by atoms with Crippen LogP contribution in [-0.4, -0.2) is 26.5 Å². The van der Waals surface area contributed by atoms with Gasteiger partial charge in [-0.1, -0.05) is 0 Å². The van der Waals surface area contributed by atoms with Crippen molar-refractivity contribution in [2.45, 2.75) is 38.5 Å². The Morgan fingerprint density at radius 2 is 1.82 bits per heavy atom. The maximum absolute atomic E-state index is 6.13. The maximum Gasteiger partial charge on any atom is 0.247 e. The number of imidazole rings is 1. The SMILES string of the molecule is Nc1nc(OCC23CC4CC(CC(C4)C2)C3)c2nc[nH]c2n1. The van der Waals surface area contributed by atoms with E-state index in [1.165, 1.54) is 38.5 Å². The van der Waals surface area contributed by atoms with Crippen LogP contribution < -0.4 is 10.5 Å². The molecule has 4 aliphatic carbocycles. The fraction of sp³-hybridized carbons (Fsp3) is 0.688. The van der Waals surface area contributed by atoms with Crippen LogP contribution in [0.25, 0.3) is 11.2 Å². The van der Waals surface area contributed by atoms with Crippen molar-refractivity contribution in [2.24, 2.45) is 23.2 Å². The molecule has 0 aliphatic heterocycles. The molecular weight excluding hydrogens is 278 g/mol. The monoisotopic (exact) mass is 299 g/mol. The van der Waals surface area contributed by atoms with Gasteiger partial charge < -0.3 is 15.5 Å². The van der Waals surface area contributed by atoms with E-state index in [2.05, 4.69) is 19.9 Å². The van der Waals surface area contributed by atoms with Crippen molar-refractivity contribution in [1.29, 1.82) is 0 Å². The quantitative estimate of drug-likeness (QED) is 0.909. The van der Waals surface area contributed by atoms with Gasteiger partial charge in [-0.3, -0.25) is 0 Å². The predicted molar refractivity (Wildman–Crippen MR) is 82.2 cm³/mol. The summed E-state index contributed by atoms with van der Waals surface area (Å²) >= 11 is 0. The van der Waals surface area contributed by atoms with Crippen molar-refractivity contribution in [3.05, 3.63) is 6.33 Å². The molecule has 0 atom stereocenters. The van der Waals surface area contributed by atoms with Crippen LogP contribution in [0.5, 0.6) is 5.88 Å². The van der Waals surface area contributed by atoms with E-state index >= 15 is 0 Å². The first-order chi connectivity index (χ1) is 10.7. The second-order valence-corrected chi connectivity index (χ2v) is 7.69. The molecule has 22 heavy (non-hydrogen) atoms. The van der Waals surface area contributed by atoms with Crippen LogP contribution in [0.3, 0.4) is 0 Å². The fourth-order valence-corrected chi connectivity index (χ4v) is 5.61. The minimum atomic E-state index is 0.234. The third-order valence-corrected chi connectivity index (χ3v) is 5.94. The number of hydrogen-bond donors (Lipinski definition) is 2. The van der Waals surface area contributed by atoms with Gasteiger partial charge in [0.1, 0.15) is 0 Å². The molecule has 0 spiro atoms. The predicted octanol–water partition coefficient (Wildman–Crippen LogP) is 2.53. The van der Waals surface area contributed by atoms with Gasteiger partial charge in [0, 0.05) is 5.41 Å². The van der Waals surface area contributed by atoms with Crippen molar-refractivity contribution >= 4 is 17.1 Å². The Hall–Kier alpha value is -1.85. The molecule has 6 rings (SSSR count). The molecule has 0 aromatic carbocycles. The second-order valence-electron chi connectivity index (χ2n) is 7.69. The summed E-state index contributed by atoms with van der Waals surface area (Å²) in [6.45, 7) is 0.745. The zero-order chi connectivity index (χ0) is 14.7. The number of nitrogens with zero attached hydrogens (tertiary/aromatic N) is 3. The topological polar surface area (TPSA) is 89.7 Å². The molecular formula is C16H21N5O. The lowest BCUT2D eigenvalue weighted by Crippen LogP contribution is -2.48. The number of hydrogen-bond acceptors (Lipinski definition) is 5. The molecule has 2 aromatic rings. The molecule has 4 fully saturated rings. The van der Waals surface area contributed by atoms with Crippen LogP contribution in [-0.2, 0) is 0 Å². The lowest BCUT2D eigenvalue weighted by Gasteiger charge is -2.56. The Balaban J connectivity index is 1.41. The third-order valence-electron chi connectivity index (χ3n) is 5.94. The normalized spacial score (nSPS) is 36.1. The Morgan fingerprint density at radius 3 is 2.50 bits per heavy atom. The molecule has 0 saturated heterocycles. The van der Waals surface area contributed by atoms with Gasteiger partial charge in [0.05, 0.1) is 12.9 Å². The Kier molecular flexibility index (Phi) is 2.50. The van der Waals surface area contributed by atoms with Crippen molar-refractivity contribution in [3.63, 3.8) is 0 Å². The van der Waals surface area contributed by atoms with Gasteiger partial charge in [0.15, 0.2) is 11.2 Å². The molecule has 0 unspecified atom stereocenters. The van der Waals surface area contributed by atoms with E-state index in [0.717, 1.165) is 24.4 Å². The van der Waals surface area contributed by atoms with Crippen LogP contribution >= 0.6 is 0 Å². The first-order valence-electron chi connectivity index (χ1n) is 8.28. The van der Waals surface area contributed by atoms with Crippen molar-refractivity contribution in [2.75, 3.05) is 12.3 Å². The molecule has 0 radical (unpaired) electrons. The Labute approximate surface area is 128 Å². The molecule has 2 heterocycles. The summed E-state index contributed by atoms with van der Waals surface area (Å²) in [5.41, 5.74) is 7.45. The highest BCUT2D eigenvalue weighted by atomic mass is 16.5. The zero-order valence-corrected chi connectivity index (χ0v) is 12.6. The van der Waals surface area contributed by atoms with Crippen LogP contribution in [0, 0.1) is 23.2 Å². The minimum absolute atomic E-state index is 0.234. The molecule has 0 amide bonds. The Morgan fingerprint density at radius 1 is 1.14 bits per heavy atom. The van der Waals surface area contributed by atoms with Gasteiger partial charge in [0.2, 0.25) is 11.8 Å². The van der Waals surface area contributed by atoms with Crippen LogP contribution in [0.15, 0.2) is 6.33 Å². The van der Waals surface area contributed by atoms with Gasteiger partial charge in [-0.05, 0) is 56.3 Å². The number of rotatable bonds is 3. The van der Waals surface area contributed by atoms with E-state index in [4.69, 9.17) is 10.5 Å². The van der Waals surface area contributed by atoms with Crippen molar-refractivity contribution < 1.29 is 4.74 Å². The maximum atomic E-state index is 6.13. The molecule has 6 nitrogen and oxygen atoms in total. The minimum Gasteiger partial charge on any atom is -0.475 e. The number of H-pyrrole nitrogens is 1. The summed E-state index contributed by atoms with van der Waals surface area (Å²) in [5.74, 6) is 3.54. The summed E-state index contributed by atoms with van der Waals surface area (Å²) in [6, 6.07) is 0. The number of nitrogens with two attached hydrogens (primary N) is 1. The van der Waals surface area contributed by atoms with Gasteiger partial charge in [-0.2, -0.15) is 9.97 Å². The number of anilines is 1. The van der Waals surface area contributed by atoms with E-state index in [-0.39, 0.29) is 5.95 Å². The largest absolute Gasteiger partial charge is 0.475 e. The lowest BCUT2D eigenvalue weighted by atomic mass is 9.50. The highest BCUT2D eigenvalue weighted by Crippen LogP contribution is 2.60. The standard InChI is InChI=1S/C16H21N5O/c17-15-20-13-12(18-8-19-13)14(21-15)22-7-16-4-9-1-10(5-16)3-11(2-9)6-16/h8-11H,1-7H2,(H3,17,18,19,20,21). The van der Waals surface area contributed by atoms with Gasteiger partial charge in [-0.25, -0.2) is 4.98 Å². The average Bonchev–Trinajstić information content (AvgIpc) is 2.91. The van der Waals surface area contributed by atoms with E-state index in [1.54, 1.807) is 6.33 Å². The van der Waals surface area contributed by atoms with Crippen molar-refractivity contribution in [1.82, 2.24) is 19.9 Å². The number of fused-ring (bicyclic) bond motifs is 1. The second kappa shape index (κ2) is 4.33. The van der Waals surface area contributed by atoms with E-state index in [0.29, 0.717) is 22.5 Å². The lowest BCUT2D eigenvalue weighted by molar-refractivity contribution is -0.0749. The highest BCUT2D eigenvalue weighted by molar-refractivity contribution is 5.76. The number of aromatic nitrogens is 4. The van der Waals surface area contributed by atoms with Crippen LogP contribution in [0.4, 0.5) is 5.95 Å². The van der Waals surface area contributed by atoms with Crippen LogP contribution in [0.1, 0.15) is 38.5 Å². The first-order valence-corrected chi connectivity index (χ1v) is 8.28. The van der Waals surface area contributed by atoms with Crippen molar-refractivity contribution in [3.8, 4) is 5.88 Å². The van der Waals surface area contributed by atoms with Gasteiger partial charge in [-0.15, -0.1) is 0 Å². The van der Waals surface area contributed by atoms with Crippen LogP contribution in [0.2, 0.25) is 0 Å². The van der Waals surface area contributed by atoms with Gasteiger partial charge >= 0.3 is 0 Å². The van der Waals surface area contributed by atoms with E-state index in [9.17, 15) is 0 Å². The molecule has 6 heteroatoms. The summed E-state index contributed by atoms with van der Waals surface area (Å²) in [5, 5.41) is 0. The number of nitrogen functional groups attached to an aromatic ring is 1. The zero-order valence-electron chi connectivity index (χ0n) is 12.6. The summed E-state index contributed by atoms with van der Waals surface area (Å²) in [6.07, 6.45) is 9.92. The first kappa shape index (κ1) is 12.7. The fourth-order valence-electron chi connectivity index (χ4n) is 5.61. The summed E-state index contributed by atoms with van der Waals surface area (Å²) in [7, 11) is 0. The molecule has 2 aromatic heterocycles. The van der Waals surface area contributed by atoms with E-state index < -0.39 is 0 Å². The molecule has 3 N–H and O–H groups in total. The highest BCUT2D eigenvalue weighted by Gasteiger charge is 2.51. The number of aromatic amines is 1. The third kappa shape index (κ3) is 1.89.